The zero-order chi connectivity index (χ0) is 18.0. The number of carbonyl (C=O) groups is 1. The predicted octanol–water partition coefficient (Wildman–Crippen LogP) is 3.07. The van der Waals surface area contributed by atoms with E-state index in [0.29, 0.717) is 22.8 Å². The van der Waals surface area contributed by atoms with E-state index in [1.54, 1.807) is 19.9 Å². The van der Waals surface area contributed by atoms with Crippen LogP contribution in [0.2, 0.25) is 0 Å². The van der Waals surface area contributed by atoms with Crippen LogP contribution in [0, 0.1) is 13.8 Å². The number of aromatic nitrogens is 1. The van der Waals surface area contributed by atoms with Crippen molar-refractivity contribution in [1.29, 1.82) is 0 Å². The van der Waals surface area contributed by atoms with Gasteiger partial charge in [0.15, 0.2) is 5.58 Å². The van der Waals surface area contributed by atoms with Crippen LogP contribution in [-0.4, -0.2) is 22.5 Å². The number of nitrogens with zero attached hydrogens (tertiary/aromatic N) is 1. The number of oxazole rings is 1. The van der Waals surface area contributed by atoms with Crippen LogP contribution in [0.5, 0.6) is 0 Å². The predicted molar refractivity (Wildman–Crippen MR) is 93.8 cm³/mol. The van der Waals surface area contributed by atoms with Gasteiger partial charge in [-0.25, -0.2) is 4.98 Å². The first-order chi connectivity index (χ1) is 11.8. The number of hydrogen-bond donors (Lipinski definition) is 2. The van der Waals surface area contributed by atoms with Gasteiger partial charge in [-0.2, -0.15) is 0 Å². The van der Waals surface area contributed by atoms with E-state index in [0.717, 1.165) is 11.3 Å². The van der Waals surface area contributed by atoms with E-state index in [9.17, 15) is 9.90 Å². The zero-order valence-electron chi connectivity index (χ0n) is 14.4. The Bertz CT molecular complexity index is 901. The van der Waals surface area contributed by atoms with Crippen LogP contribution in [0.4, 0.5) is 0 Å². The molecule has 0 aliphatic rings. The lowest BCUT2D eigenvalue weighted by Gasteiger charge is -2.22. The number of aliphatic hydroxyl groups is 1. The van der Waals surface area contributed by atoms with Crippen LogP contribution in [0.25, 0.3) is 17.2 Å². The van der Waals surface area contributed by atoms with Crippen LogP contribution >= 0.6 is 0 Å². The number of benzene rings is 1. The molecule has 25 heavy (non-hydrogen) atoms. The lowest BCUT2D eigenvalue weighted by molar-refractivity contribution is -0.117. The van der Waals surface area contributed by atoms with Crippen molar-refractivity contribution in [3.8, 4) is 0 Å². The second-order valence-electron chi connectivity index (χ2n) is 6.17. The maximum Gasteiger partial charge on any atom is 0.244 e. The van der Waals surface area contributed by atoms with Crippen molar-refractivity contribution in [2.45, 2.75) is 26.4 Å². The van der Waals surface area contributed by atoms with Crippen LogP contribution in [0.15, 0.2) is 45.2 Å². The SMILES string of the molecule is Cc1cc(C(C)(O)CNC(=O)C=Cc2nc3ccccc3o2)c(C)o1. The molecule has 130 valence electrons. The molecule has 6 nitrogen and oxygen atoms in total. The second kappa shape index (κ2) is 6.57. The van der Waals surface area contributed by atoms with Crippen molar-refractivity contribution in [3.05, 3.63) is 59.4 Å². The van der Waals surface area contributed by atoms with Gasteiger partial charge in [-0.15, -0.1) is 0 Å². The summed E-state index contributed by atoms with van der Waals surface area (Å²) in [5.74, 6) is 1.36. The molecular formula is C19H20N2O4. The van der Waals surface area contributed by atoms with Crippen molar-refractivity contribution in [3.63, 3.8) is 0 Å². The Labute approximate surface area is 145 Å². The van der Waals surface area contributed by atoms with Gasteiger partial charge in [-0.1, -0.05) is 12.1 Å². The van der Waals surface area contributed by atoms with E-state index in [2.05, 4.69) is 10.3 Å². The monoisotopic (exact) mass is 340 g/mol. The minimum Gasteiger partial charge on any atom is -0.466 e. The highest BCUT2D eigenvalue weighted by atomic mass is 16.3. The molecule has 0 aliphatic carbocycles. The molecule has 0 aliphatic heterocycles. The Morgan fingerprint density at radius 3 is 2.76 bits per heavy atom. The molecule has 2 N–H and O–H groups in total. The van der Waals surface area contributed by atoms with Gasteiger partial charge in [0.1, 0.15) is 22.6 Å². The summed E-state index contributed by atoms with van der Waals surface area (Å²) in [7, 11) is 0. The highest BCUT2D eigenvalue weighted by Gasteiger charge is 2.27. The number of fused-ring (bicyclic) bond motifs is 1. The summed E-state index contributed by atoms with van der Waals surface area (Å²) in [6, 6.07) is 9.15. The maximum atomic E-state index is 12.0. The molecule has 0 saturated heterocycles. The molecule has 0 saturated carbocycles. The van der Waals surface area contributed by atoms with Gasteiger partial charge in [-0.05, 0) is 39.0 Å². The molecule has 0 spiro atoms. The Kier molecular flexibility index (Phi) is 4.46. The van der Waals surface area contributed by atoms with Gasteiger partial charge in [0.2, 0.25) is 11.8 Å². The van der Waals surface area contributed by atoms with E-state index in [1.807, 2.05) is 31.2 Å². The summed E-state index contributed by atoms with van der Waals surface area (Å²) < 4.78 is 10.9. The molecule has 1 aromatic carbocycles. The van der Waals surface area contributed by atoms with E-state index in [1.165, 1.54) is 12.2 Å². The molecule has 3 rings (SSSR count). The Hall–Kier alpha value is -2.86. The van der Waals surface area contributed by atoms with Gasteiger partial charge in [0.25, 0.3) is 0 Å². The summed E-state index contributed by atoms with van der Waals surface area (Å²) in [5.41, 5.74) is 0.837. The molecule has 0 bridgehead atoms. The van der Waals surface area contributed by atoms with Crippen LogP contribution < -0.4 is 5.32 Å². The Balaban J connectivity index is 1.63. The maximum absolute atomic E-state index is 12.0. The van der Waals surface area contributed by atoms with Gasteiger partial charge in [0, 0.05) is 17.7 Å². The first kappa shape index (κ1) is 17.0. The second-order valence-corrected chi connectivity index (χ2v) is 6.17. The van der Waals surface area contributed by atoms with Crippen molar-refractivity contribution in [2.75, 3.05) is 6.54 Å². The smallest absolute Gasteiger partial charge is 0.244 e. The van der Waals surface area contributed by atoms with E-state index in [4.69, 9.17) is 8.83 Å². The topological polar surface area (TPSA) is 88.5 Å². The lowest BCUT2D eigenvalue weighted by Crippen LogP contribution is -2.38. The van der Waals surface area contributed by atoms with Crippen LogP contribution in [0.3, 0.4) is 0 Å². The molecule has 2 heterocycles. The molecule has 1 atom stereocenters. The number of nitrogens with one attached hydrogen (secondary N) is 1. The Morgan fingerprint density at radius 1 is 1.32 bits per heavy atom. The number of hydrogen-bond acceptors (Lipinski definition) is 5. The van der Waals surface area contributed by atoms with Gasteiger partial charge in [-0.3, -0.25) is 4.79 Å². The molecule has 6 heteroatoms. The molecular weight excluding hydrogens is 320 g/mol. The fraction of sp³-hybridized carbons (Fsp3) is 0.263. The third kappa shape index (κ3) is 3.80. The highest BCUT2D eigenvalue weighted by Crippen LogP contribution is 2.26. The largest absolute Gasteiger partial charge is 0.466 e. The molecule has 2 aromatic heterocycles. The zero-order valence-corrected chi connectivity index (χ0v) is 14.4. The highest BCUT2D eigenvalue weighted by molar-refractivity contribution is 5.91. The van der Waals surface area contributed by atoms with Gasteiger partial charge >= 0.3 is 0 Å². The first-order valence-electron chi connectivity index (χ1n) is 7.96. The first-order valence-corrected chi connectivity index (χ1v) is 7.96. The molecule has 3 aromatic rings. The molecule has 1 unspecified atom stereocenters. The number of amides is 1. The summed E-state index contributed by atoms with van der Waals surface area (Å²) in [6.07, 6.45) is 2.82. The minimum atomic E-state index is -1.22. The quantitative estimate of drug-likeness (QED) is 0.697. The van der Waals surface area contributed by atoms with E-state index < -0.39 is 5.60 Å². The summed E-state index contributed by atoms with van der Waals surface area (Å²) >= 11 is 0. The fourth-order valence-corrected chi connectivity index (χ4v) is 2.69. The lowest BCUT2D eigenvalue weighted by atomic mass is 9.96. The minimum absolute atomic E-state index is 0.0591. The Morgan fingerprint density at radius 2 is 2.08 bits per heavy atom. The number of para-hydroxylation sites is 2. The van der Waals surface area contributed by atoms with Gasteiger partial charge in [0.05, 0.1) is 6.54 Å². The average molecular weight is 340 g/mol. The van der Waals surface area contributed by atoms with E-state index >= 15 is 0 Å². The summed E-state index contributed by atoms with van der Waals surface area (Å²) in [6.45, 7) is 5.29. The van der Waals surface area contributed by atoms with Crippen LogP contribution in [0.1, 0.15) is 29.9 Å². The number of aryl methyl sites for hydroxylation is 2. The number of furan rings is 1. The molecule has 0 fully saturated rings. The van der Waals surface area contributed by atoms with Crippen LogP contribution in [-0.2, 0) is 10.4 Å². The summed E-state index contributed by atoms with van der Waals surface area (Å²) in [4.78, 5) is 16.3. The molecule has 1 amide bonds. The average Bonchev–Trinajstić information content (AvgIpc) is 3.13. The number of rotatable bonds is 5. The van der Waals surface area contributed by atoms with Crippen molar-refractivity contribution < 1.29 is 18.7 Å². The standard InChI is InChI=1S/C19H20N2O4/c1-12-10-14(13(2)24-12)19(3,23)11-20-17(22)8-9-18-21-15-6-4-5-7-16(15)25-18/h4-10,23H,11H2,1-3H3,(H,20,22). The van der Waals surface area contributed by atoms with Gasteiger partial charge < -0.3 is 19.3 Å². The van der Waals surface area contributed by atoms with Crippen molar-refractivity contribution in [2.24, 2.45) is 0 Å². The fourth-order valence-electron chi connectivity index (χ4n) is 2.69. The van der Waals surface area contributed by atoms with Crippen molar-refractivity contribution in [1.82, 2.24) is 10.3 Å². The third-order valence-electron chi connectivity index (χ3n) is 3.92. The normalized spacial score (nSPS) is 14.1. The van der Waals surface area contributed by atoms with E-state index in [-0.39, 0.29) is 12.5 Å². The third-order valence-corrected chi connectivity index (χ3v) is 3.92. The number of carbonyl (C=O) groups excluding carboxylic acids is 1. The molecule has 0 radical (unpaired) electrons. The summed E-state index contributed by atoms with van der Waals surface area (Å²) in [5, 5.41) is 13.3. The van der Waals surface area contributed by atoms with Crippen molar-refractivity contribution >= 4 is 23.1 Å².